The number of thioether (sulfide) groups is 1. The van der Waals surface area contributed by atoms with E-state index in [0.29, 0.717) is 11.3 Å². The van der Waals surface area contributed by atoms with Crippen molar-refractivity contribution in [2.75, 3.05) is 6.61 Å². The monoisotopic (exact) mass is 360 g/mol. The molecule has 0 unspecified atom stereocenters. The van der Waals surface area contributed by atoms with Crippen LogP contribution in [0.5, 0.6) is 0 Å². The minimum absolute atomic E-state index is 0.0441. The van der Waals surface area contributed by atoms with E-state index in [1.165, 1.54) is 6.92 Å². The van der Waals surface area contributed by atoms with Gasteiger partial charge in [-0.15, -0.1) is 0 Å². The zero-order valence-electron chi connectivity index (χ0n) is 13.4. The van der Waals surface area contributed by atoms with Crippen molar-refractivity contribution >= 4 is 17.7 Å². The molecule has 7 heteroatoms. The van der Waals surface area contributed by atoms with Crippen molar-refractivity contribution in [3.05, 3.63) is 52.6 Å². The summed E-state index contributed by atoms with van der Waals surface area (Å²) < 4.78 is 45.0. The van der Waals surface area contributed by atoms with Gasteiger partial charge in [0.15, 0.2) is 0 Å². The molecule has 0 spiro atoms. The molecule has 0 fully saturated rings. The second kappa shape index (κ2) is 9.42. The predicted octanol–water partition coefficient (Wildman–Crippen LogP) is 5.40. The van der Waals surface area contributed by atoms with Gasteiger partial charge >= 0.3 is 12.1 Å². The first-order valence-electron chi connectivity index (χ1n) is 7.39. The first kappa shape index (κ1) is 20.2. The number of ether oxygens (including phenoxy) is 1. The van der Waals surface area contributed by atoms with Crippen LogP contribution >= 0.6 is 11.8 Å². The quantitative estimate of drug-likeness (QED) is 0.232. The first-order chi connectivity index (χ1) is 11.3. The summed E-state index contributed by atoms with van der Waals surface area (Å²) in [5.74, 6) is -1.80. The third-order valence-corrected chi connectivity index (χ3v) is 3.78. The van der Waals surface area contributed by atoms with Gasteiger partial charge in [0.1, 0.15) is 11.3 Å². The normalized spacial score (nSPS) is 13.5. The van der Waals surface area contributed by atoms with E-state index >= 15 is 0 Å². The number of carbonyl (C=O) groups is 1. The van der Waals surface area contributed by atoms with Crippen LogP contribution in [0.1, 0.15) is 26.7 Å². The molecule has 1 N–H and O–H groups in total. The molecule has 3 nitrogen and oxygen atoms in total. The molecule has 0 aromatic heterocycles. The maximum absolute atomic E-state index is 13.4. The Morgan fingerprint density at radius 3 is 2.38 bits per heavy atom. The van der Waals surface area contributed by atoms with Crippen molar-refractivity contribution < 1.29 is 27.8 Å². The summed E-state index contributed by atoms with van der Waals surface area (Å²) in [5.41, 5.74) is -2.03. The smallest absolute Gasteiger partial charge is 0.417 e. The minimum atomic E-state index is -4.80. The van der Waals surface area contributed by atoms with Gasteiger partial charge in [0, 0.05) is 11.3 Å². The molecule has 132 valence electrons. The van der Waals surface area contributed by atoms with Gasteiger partial charge in [0.2, 0.25) is 0 Å². The second-order valence-corrected chi connectivity index (χ2v) is 5.70. The van der Waals surface area contributed by atoms with Crippen LogP contribution in [0.2, 0.25) is 0 Å². The van der Waals surface area contributed by atoms with Crippen LogP contribution in [-0.4, -0.2) is 23.9 Å². The highest BCUT2D eigenvalue weighted by Crippen LogP contribution is 2.37. The molecule has 0 aliphatic heterocycles. The molecular formula is C17H19F3O3S. The number of allylic oxidation sites excluding steroid dienone is 1. The van der Waals surface area contributed by atoms with Crippen LogP contribution in [-0.2, 0) is 9.53 Å². The predicted molar refractivity (Wildman–Crippen MR) is 87.6 cm³/mol. The van der Waals surface area contributed by atoms with Crippen molar-refractivity contribution in [1.29, 1.82) is 0 Å². The van der Waals surface area contributed by atoms with E-state index < -0.39 is 29.1 Å². The van der Waals surface area contributed by atoms with Crippen LogP contribution < -0.4 is 0 Å². The van der Waals surface area contributed by atoms with E-state index in [9.17, 15) is 23.1 Å². The van der Waals surface area contributed by atoms with Crippen molar-refractivity contribution in [3.8, 4) is 0 Å². The molecular weight excluding hydrogens is 341 g/mol. The van der Waals surface area contributed by atoms with Gasteiger partial charge in [-0.1, -0.05) is 36.9 Å². The molecule has 0 atom stereocenters. The Balaban J connectivity index is 3.32. The zero-order chi connectivity index (χ0) is 18.2. The Kier molecular flexibility index (Phi) is 7.91. The van der Waals surface area contributed by atoms with Gasteiger partial charge in [-0.25, -0.2) is 4.79 Å². The van der Waals surface area contributed by atoms with Gasteiger partial charge in [0.05, 0.1) is 12.2 Å². The fourth-order valence-corrected chi connectivity index (χ4v) is 2.66. The Morgan fingerprint density at radius 2 is 1.88 bits per heavy atom. The fraction of sp³-hybridized carbons (Fsp3) is 0.353. The van der Waals surface area contributed by atoms with E-state index in [2.05, 4.69) is 0 Å². The minimum Gasteiger partial charge on any atom is -0.511 e. The summed E-state index contributed by atoms with van der Waals surface area (Å²) in [6.45, 7) is 3.09. The third kappa shape index (κ3) is 5.96. The van der Waals surface area contributed by atoms with Gasteiger partial charge in [-0.3, -0.25) is 0 Å². The molecule has 1 rings (SSSR count). The highest BCUT2D eigenvalue weighted by atomic mass is 32.2. The van der Waals surface area contributed by atoms with Crippen LogP contribution in [0.15, 0.2) is 57.5 Å². The molecule has 1 aromatic rings. The van der Waals surface area contributed by atoms with Crippen LogP contribution in [0.4, 0.5) is 13.2 Å². The molecule has 0 amide bonds. The van der Waals surface area contributed by atoms with Crippen molar-refractivity contribution in [2.24, 2.45) is 0 Å². The van der Waals surface area contributed by atoms with E-state index in [4.69, 9.17) is 4.74 Å². The van der Waals surface area contributed by atoms with Crippen molar-refractivity contribution in [1.82, 2.24) is 0 Å². The molecule has 0 heterocycles. The Morgan fingerprint density at radius 1 is 1.25 bits per heavy atom. The Hall–Kier alpha value is -1.89. The highest BCUT2D eigenvalue weighted by Gasteiger charge is 2.40. The Labute approximate surface area is 143 Å². The average Bonchev–Trinajstić information content (AvgIpc) is 2.51. The standard InChI is InChI=1S/C17H19F3O3S/c1-3-8-14(21)15(16(22)23-4-2)13(17(18,19)20)11-24-12-9-6-5-7-10-12/h5-7,9-11,21H,3-4,8H2,1-2H3/b13-11+,15-14+. The fourth-order valence-electron chi connectivity index (χ4n) is 1.84. The van der Waals surface area contributed by atoms with E-state index in [0.717, 1.165) is 17.2 Å². The summed E-state index contributed by atoms with van der Waals surface area (Å²) in [7, 11) is 0. The van der Waals surface area contributed by atoms with Gasteiger partial charge in [-0.2, -0.15) is 13.2 Å². The van der Waals surface area contributed by atoms with E-state index in [1.807, 2.05) is 0 Å². The number of carbonyl (C=O) groups excluding carboxylic acids is 1. The summed E-state index contributed by atoms with van der Waals surface area (Å²) in [6, 6.07) is 8.43. The lowest BCUT2D eigenvalue weighted by Gasteiger charge is -2.16. The summed E-state index contributed by atoms with van der Waals surface area (Å²) >= 11 is 0.820. The van der Waals surface area contributed by atoms with Gasteiger partial charge < -0.3 is 9.84 Å². The molecule has 0 radical (unpaired) electrons. The number of hydrogen-bond donors (Lipinski definition) is 1. The first-order valence-corrected chi connectivity index (χ1v) is 8.27. The van der Waals surface area contributed by atoms with Gasteiger partial charge in [-0.05, 0) is 30.9 Å². The zero-order valence-corrected chi connectivity index (χ0v) is 14.2. The molecule has 0 saturated heterocycles. The molecule has 0 saturated carbocycles. The maximum atomic E-state index is 13.4. The lowest BCUT2D eigenvalue weighted by atomic mass is 10.0. The number of aliphatic hydroxyl groups excluding tert-OH is 1. The molecule has 1 aromatic carbocycles. The average molecular weight is 360 g/mol. The number of aliphatic hydroxyl groups is 1. The molecule has 0 aliphatic carbocycles. The number of alkyl halides is 3. The van der Waals surface area contributed by atoms with Crippen molar-refractivity contribution in [3.63, 3.8) is 0 Å². The summed E-state index contributed by atoms with van der Waals surface area (Å²) in [6.07, 6.45) is -4.45. The highest BCUT2D eigenvalue weighted by molar-refractivity contribution is 8.02. The third-order valence-electron chi connectivity index (χ3n) is 2.89. The van der Waals surface area contributed by atoms with Gasteiger partial charge in [0.25, 0.3) is 0 Å². The lowest BCUT2D eigenvalue weighted by Crippen LogP contribution is -2.22. The number of esters is 1. The number of rotatable bonds is 7. The number of benzene rings is 1. The SMILES string of the molecule is CCC/C(O)=C(C(=O)OCC)/C(=C\Sc1ccccc1)C(F)(F)F. The maximum Gasteiger partial charge on any atom is 0.417 e. The largest absolute Gasteiger partial charge is 0.511 e. The lowest BCUT2D eigenvalue weighted by molar-refractivity contribution is -0.140. The molecule has 24 heavy (non-hydrogen) atoms. The topological polar surface area (TPSA) is 46.5 Å². The van der Waals surface area contributed by atoms with Crippen LogP contribution in [0.3, 0.4) is 0 Å². The van der Waals surface area contributed by atoms with E-state index in [1.54, 1.807) is 37.3 Å². The van der Waals surface area contributed by atoms with Crippen LogP contribution in [0.25, 0.3) is 0 Å². The Bertz CT molecular complexity index is 607. The number of hydrogen-bond acceptors (Lipinski definition) is 4. The summed E-state index contributed by atoms with van der Waals surface area (Å²) in [5, 5.41) is 10.8. The van der Waals surface area contributed by atoms with E-state index in [-0.39, 0.29) is 13.0 Å². The molecule has 0 aliphatic rings. The number of halogens is 3. The second-order valence-electron chi connectivity index (χ2n) is 4.75. The van der Waals surface area contributed by atoms with Crippen molar-refractivity contribution in [2.45, 2.75) is 37.8 Å². The van der Waals surface area contributed by atoms with Crippen LogP contribution in [0, 0.1) is 0 Å². The molecule has 0 bridgehead atoms. The summed E-state index contributed by atoms with van der Waals surface area (Å²) in [4.78, 5) is 12.5.